The Morgan fingerprint density at radius 1 is 1.08 bits per heavy atom. The van der Waals surface area contributed by atoms with Crippen LogP contribution >= 0.6 is 0 Å². The molecule has 39 heavy (non-hydrogen) atoms. The van der Waals surface area contributed by atoms with Crippen LogP contribution in [-0.4, -0.2) is 51.0 Å². The smallest absolute Gasteiger partial charge is 0.311 e. The number of fused-ring (bicyclic) bond motifs is 1. The van der Waals surface area contributed by atoms with Crippen molar-refractivity contribution in [2.45, 2.75) is 83.2 Å². The predicted octanol–water partition coefficient (Wildman–Crippen LogP) is 3.43. The summed E-state index contributed by atoms with van der Waals surface area (Å²) in [5.74, 6) is -0.364. The van der Waals surface area contributed by atoms with E-state index >= 15 is 0 Å². The number of hydrogen-bond acceptors (Lipinski definition) is 7. The van der Waals surface area contributed by atoms with Gasteiger partial charge in [0.05, 0.1) is 31.6 Å². The summed E-state index contributed by atoms with van der Waals surface area (Å²) in [6.07, 6.45) is 8.06. The number of ether oxygens (including phenoxy) is 2. The van der Waals surface area contributed by atoms with Crippen LogP contribution in [0.3, 0.4) is 0 Å². The Bertz CT molecular complexity index is 1300. The summed E-state index contributed by atoms with van der Waals surface area (Å²) in [5, 5.41) is 7.64. The first kappa shape index (κ1) is 27.3. The van der Waals surface area contributed by atoms with Crippen molar-refractivity contribution < 1.29 is 28.2 Å². The van der Waals surface area contributed by atoms with Crippen molar-refractivity contribution in [3.63, 3.8) is 0 Å². The molecule has 0 spiro atoms. The van der Waals surface area contributed by atoms with Crippen LogP contribution in [0.25, 0.3) is 11.0 Å². The molecule has 0 unspecified atom stereocenters. The summed E-state index contributed by atoms with van der Waals surface area (Å²) < 4.78 is 26.3. The monoisotopic (exact) mass is 544 g/mol. The summed E-state index contributed by atoms with van der Waals surface area (Å²) >= 11 is 0. The van der Waals surface area contributed by atoms with E-state index in [1.54, 1.807) is 20.2 Å². The lowest BCUT2D eigenvalue weighted by atomic mass is 9.53. The Morgan fingerprint density at radius 3 is 2.33 bits per heavy atom. The number of halogens is 1. The number of amides is 1. The summed E-state index contributed by atoms with van der Waals surface area (Å²) in [6, 6.07) is 0. The Labute approximate surface area is 226 Å². The van der Waals surface area contributed by atoms with E-state index in [2.05, 4.69) is 10.4 Å². The fourth-order valence-electron chi connectivity index (χ4n) is 7.35. The Hall–Kier alpha value is -3.24. The first-order chi connectivity index (χ1) is 18.7. The molecule has 4 aliphatic rings. The van der Waals surface area contributed by atoms with E-state index < -0.39 is 30.1 Å². The second-order valence-corrected chi connectivity index (χ2v) is 11.5. The van der Waals surface area contributed by atoms with E-state index in [0.717, 1.165) is 19.3 Å². The van der Waals surface area contributed by atoms with Crippen molar-refractivity contribution in [3.8, 4) is 5.75 Å². The van der Waals surface area contributed by atoms with Crippen molar-refractivity contribution >= 4 is 28.9 Å². The zero-order valence-corrected chi connectivity index (χ0v) is 22.7. The largest absolute Gasteiger partial charge is 0.466 e. The molecule has 1 amide bonds. The lowest BCUT2D eigenvalue weighted by Crippen LogP contribution is -2.60. The highest BCUT2D eigenvalue weighted by molar-refractivity contribution is 6.03. The van der Waals surface area contributed by atoms with Gasteiger partial charge in [0.1, 0.15) is 5.56 Å². The maximum absolute atomic E-state index is 14.0. The minimum atomic E-state index is -0.770. The van der Waals surface area contributed by atoms with Gasteiger partial charge in [0.15, 0.2) is 11.3 Å². The van der Waals surface area contributed by atoms with Gasteiger partial charge < -0.3 is 19.4 Å². The molecule has 0 aromatic carbocycles. The van der Waals surface area contributed by atoms with Crippen molar-refractivity contribution in [2.24, 2.45) is 24.8 Å². The number of aromatic nitrogens is 3. The van der Waals surface area contributed by atoms with E-state index in [4.69, 9.17) is 9.47 Å². The number of nitrogens with zero attached hydrogens (tertiary/aromatic N) is 3. The number of pyridine rings is 1. The zero-order valence-electron chi connectivity index (χ0n) is 22.7. The number of hydrogen-bond donors (Lipinski definition) is 1. The van der Waals surface area contributed by atoms with Gasteiger partial charge in [0, 0.05) is 25.3 Å². The van der Waals surface area contributed by atoms with Crippen molar-refractivity contribution in [3.05, 3.63) is 22.1 Å². The van der Waals surface area contributed by atoms with E-state index in [9.17, 15) is 23.6 Å². The van der Waals surface area contributed by atoms with E-state index in [1.165, 1.54) is 28.5 Å². The summed E-state index contributed by atoms with van der Waals surface area (Å²) in [4.78, 5) is 52.4. The Balaban J connectivity index is 1.51. The van der Waals surface area contributed by atoms with Gasteiger partial charge in [-0.25, -0.2) is 0 Å². The molecule has 0 aliphatic heterocycles. The topological polar surface area (TPSA) is 122 Å². The zero-order chi connectivity index (χ0) is 27.7. The molecule has 11 heteroatoms. The SMILES string of the molecule is CCOC(=O)CCC(=O)Oc1c(C(=O)NC23CC4CC(CC(C4)C2)C3)c(=O)n(CCCCF)c2cn(C)nc12. The molecule has 2 heterocycles. The highest BCUT2D eigenvalue weighted by atomic mass is 19.1. The van der Waals surface area contributed by atoms with Gasteiger partial charge in [-0.1, -0.05) is 0 Å². The minimum absolute atomic E-state index is 0.187. The average Bonchev–Trinajstić information content (AvgIpc) is 3.25. The number of unbranched alkanes of at least 4 members (excludes halogenated alkanes) is 1. The predicted molar refractivity (Wildman–Crippen MR) is 140 cm³/mol. The first-order valence-electron chi connectivity index (χ1n) is 14.1. The molecule has 4 aliphatic carbocycles. The summed E-state index contributed by atoms with van der Waals surface area (Å²) in [6.45, 7) is 1.54. The van der Waals surface area contributed by atoms with Crippen LogP contribution in [0.2, 0.25) is 0 Å². The van der Waals surface area contributed by atoms with E-state index in [0.29, 0.717) is 29.7 Å². The molecular formula is C28H37FN4O6. The Kier molecular flexibility index (Phi) is 7.77. The first-order valence-corrected chi connectivity index (χ1v) is 14.1. The van der Waals surface area contributed by atoms with Gasteiger partial charge in [-0.15, -0.1) is 0 Å². The molecule has 4 bridgehead atoms. The van der Waals surface area contributed by atoms with Gasteiger partial charge in [-0.3, -0.25) is 28.3 Å². The number of nitrogens with one attached hydrogen (secondary N) is 1. The van der Waals surface area contributed by atoms with Crippen LogP contribution < -0.4 is 15.6 Å². The van der Waals surface area contributed by atoms with Gasteiger partial charge in [-0.05, 0) is 76.0 Å². The lowest BCUT2D eigenvalue weighted by Gasteiger charge is -2.56. The third-order valence-corrected chi connectivity index (χ3v) is 8.47. The quantitative estimate of drug-likeness (QED) is 0.340. The molecule has 212 valence electrons. The number of alkyl halides is 1. The van der Waals surface area contributed by atoms with Crippen LogP contribution in [0.1, 0.15) is 81.5 Å². The number of carbonyl (C=O) groups is 3. The molecule has 2 aromatic rings. The van der Waals surface area contributed by atoms with E-state index in [1.807, 2.05) is 0 Å². The third kappa shape index (κ3) is 5.58. The fraction of sp³-hybridized carbons (Fsp3) is 0.679. The normalized spacial score (nSPS) is 25.2. The standard InChI is InChI=1S/C28H37FN4O6/c1-3-38-21(34)6-7-22(35)39-25-23(26(36)30-28-13-17-10-18(14-28)12-19(11-17)15-28)27(37)33(9-5-4-8-29)20-16-32(2)31-24(20)25/h16-19H,3-15H2,1-2H3,(H,30,36). The van der Waals surface area contributed by atoms with Crippen LogP contribution in [-0.2, 0) is 27.9 Å². The molecule has 6 rings (SSSR count). The molecular weight excluding hydrogens is 507 g/mol. The van der Waals surface area contributed by atoms with Crippen molar-refractivity contribution in [1.82, 2.24) is 19.7 Å². The minimum Gasteiger partial charge on any atom is -0.466 e. The lowest BCUT2D eigenvalue weighted by molar-refractivity contribution is -0.146. The van der Waals surface area contributed by atoms with Gasteiger partial charge in [0.25, 0.3) is 11.5 Å². The van der Waals surface area contributed by atoms with E-state index in [-0.39, 0.29) is 54.8 Å². The van der Waals surface area contributed by atoms with Crippen LogP contribution in [0.5, 0.6) is 5.75 Å². The highest BCUT2D eigenvalue weighted by Crippen LogP contribution is 2.55. The molecule has 0 saturated heterocycles. The average molecular weight is 545 g/mol. The Morgan fingerprint density at radius 2 is 1.72 bits per heavy atom. The van der Waals surface area contributed by atoms with Crippen LogP contribution in [0, 0.1) is 17.8 Å². The van der Waals surface area contributed by atoms with Crippen molar-refractivity contribution in [1.29, 1.82) is 0 Å². The maximum Gasteiger partial charge on any atom is 0.311 e. The molecule has 4 saturated carbocycles. The number of rotatable bonds is 11. The molecule has 1 N–H and O–H groups in total. The molecule has 0 atom stereocenters. The van der Waals surface area contributed by atoms with Crippen LogP contribution in [0.4, 0.5) is 4.39 Å². The van der Waals surface area contributed by atoms with Crippen LogP contribution in [0.15, 0.2) is 11.0 Å². The summed E-state index contributed by atoms with van der Waals surface area (Å²) in [7, 11) is 1.66. The summed E-state index contributed by atoms with van der Waals surface area (Å²) in [5.41, 5.74) is -0.674. The molecule has 0 radical (unpaired) electrons. The second kappa shape index (κ2) is 11.1. The van der Waals surface area contributed by atoms with Gasteiger partial charge in [-0.2, -0.15) is 5.10 Å². The van der Waals surface area contributed by atoms with Crippen molar-refractivity contribution in [2.75, 3.05) is 13.3 Å². The fourth-order valence-corrected chi connectivity index (χ4v) is 7.35. The maximum atomic E-state index is 14.0. The number of esters is 2. The molecule has 2 aromatic heterocycles. The van der Waals surface area contributed by atoms with Gasteiger partial charge in [0.2, 0.25) is 0 Å². The van der Waals surface area contributed by atoms with Gasteiger partial charge >= 0.3 is 11.9 Å². The molecule has 10 nitrogen and oxygen atoms in total. The second-order valence-electron chi connectivity index (χ2n) is 11.5. The highest BCUT2D eigenvalue weighted by Gasteiger charge is 2.52. The third-order valence-electron chi connectivity index (χ3n) is 8.47. The number of aryl methyl sites for hydroxylation is 2. The number of carbonyl (C=O) groups excluding carboxylic acids is 3. The molecule has 4 fully saturated rings.